The van der Waals surface area contributed by atoms with Crippen LogP contribution >= 0.6 is 0 Å². The Bertz CT molecular complexity index is 1020. The van der Waals surface area contributed by atoms with Crippen molar-refractivity contribution in [2.45, 2.75) is 46.3 Å². The fourth-order valence-electron chi connectivity index (χ4n) is 4.10. The maximum absolute atomic E-state index is 11.9. The van der Waals surface area contributed by atoms with Crippen LogP contribution in [0.5, 0.6) is 11.5 Å². The van der Waals surface area contributed by atoms with Gasteiger partial charge in [0.15, 0.2) is 5.82 Å². The first-order chi connectivity index (χ1) is 14.6. The average molecular weight is 452 g/mol. The summed E-state index contributed by atoms with van der Waals surface area (Å²) >= 11 is 0. The van der Waals surface area contributed by atoms with E-state index in [2.05, 4.69) is 24.4 Å². The molecule has 0 aliphatic carbocycles. The molecule has 9 nitrogen and oxygen atoms in total. The zero-order chi connectivity index (χ0) is 22.8. The van der Waals surface area contributed by atoms with E-state index in [9.17, 15) is 8.42 Å². The standard InChI is InChI=1S/C21H33N5O4S/c1-14(2)19(24-31(6,27)28)21-23-22-18-9-10-25(11-12-26(18)21)13-16-7-8-17(29-4)15(3)20(16)30-5/h7-8,14,19,24H,9-13H2,1-6H3/t19-/m0/s1. The van der Waals surface area contributed by atoms with Crippen LogP contribution in [0.2, 0.25) is 0 Å². The third kappa shape index (κ3) is 5.36. The number of rotatable bonds is 8. The molecule has 0 saturated heterocycles. The van der Waals surface area contributed by atoms with Crippen molar-refractivity contribution >= 4 is 10.0 Å². The number of aromatic nitrogens is 3. The molecule has 0 bridgehead atoms. The quantitative estimate of drug-likeness (QED) is 0.655. The van der Waals surface area contributed by atoms with Gasteiger partial charge in [-0.15, -0.1) is 10.2 Å². The van der Waals surface area contributed by atoms with E-state index in [0.29, 0.717) is 12.4 Å². The molecule has 172 valence electrons. The maximum atomic E-state index is 11.9. The average Bonchev–Trinajstić information content (AvgIpc) is 2.99. The number of methoxy groups -OCH3 is 2. The Balaban J connectivity index is 1.79. The molecule has 0 amide bonds. The highest BCUT2D eigenvalue weighted by Gasteiger charge is 2.28. The van der Waals surface area contributed by atoms with Gasteiger partial charge in [-0.1, -0.05) is 19.9 Å². The molecule has 0 radical (unpaired) electrons. The third-order valence-electron chi connectivity index (χ3n) is 5.69. The van der Waals surface area contributed by atoms with Crippen LogP contribution in [0.1, 0.15) is 42.7 Å². The number of nitrogens with zero attached hydrogens (tertiary/aromatic N) is 4. The van der Waals surface area contributed by atoms with E-state index in [-0.39, 0.29) is 5.92 Å². The number of hydrogen-bond acceptors (Lipinski definition) is 7. The second-order valence-electron chi connectivity index (χ2n) is 8.35. The second kappa shape index (κ2) is 9.54. The lowest BCUT2D eigenvalue weighted by molar-refractivity contribution is 0.263. The normalized spacial score (nSPS) is 16.1. The van der Waals surface area contributed by atoms with Gasteiger partial charge in [-0.3, -0.25) is 4.90 Å². The number of fused-ring (bicyclic) bond motifs is 1. The molecule has 0 fully saturated rings. The van der Waals surface area contributed by atoms with Crippen LogP contribution < -0.4 is 14.2 Å². The van der Waals surface area contributed by atoms with Gasteiger partial charge < -0.3 is 14.0 Å². The molecule has 10 heteroatoms. The van der Waals surface area contributed by atoms with Crippen LogP contribution in [0, 0.1) is 12.8 Å². The van der Waals surface area contributed by atoms with E-state index in [0.717, 1.165) is 54.5 Å². The lowest BCUT2D eigenvalue weighted by Gasteiger charge is -2.23. The van der Waals surface area contributed by atoms with Crippen molar-refractivity contribution in [3.63, 3.8) is 0 Å². The third-order valence-corrected chi connectivity index (χ3v) is 6.37. The predicted octanol–water partition coefficient (Wildman–Crippen LogP) is 1.91. The smallest absolute Gasteiger partial charge is 0.209 e. The van der Waals surface area contributed by atoms with Crippen LogP contribution in [-0.2, 0) is 29.5 Å². The first-order valence-electron chi connectivity index (χ1n) is 10.5. The van der Waals surface area contributed by atoms with E-state index in [4.69, 9.17) is 9.47 Å². The summed E-state index contributed by atoms with van der Waals surface area (Å²) in [6.45, 7) is 9.03. The molecule has 0 saturated carbocycles. The molecular weight excluding hydrogens is 418 g/mol. The molecule has 1 aliphatic rings. The van der Waals surface area contributed by atoms with Gasteiger partial charge in [0.05, 0.1) is 26.5 Å². The topological polar surface area (TPSA) is 98.6 Å². The first-order valence-corrected chi connectivity index (χ1v) is 12.4. The molecular formula is C21H33N5O4S. The second-order valence-corrected chi connectivity index (χ2v) is 10.1. The zero-order valence-corrected chi connectivity index (χ0v) is 20.0. The summed E-state index contributed by atoms with van der Waals surface area (Å²) in [6, 6.07) is 3.61. The minimum atomic E-state index is -3.36. The summed E-state index contributed by atoms with van der Waals surface area (Å²) in [4.78, 5) is 2.36. The summed E-state index contributed by atoms with van der Waals surface area (Å²) in [5.74, 6) is 3.27. The Kier molecular flexibility index (Phi) is 7.23. The Hall–Kier alpha value is -2.17. The molecule has 1 atom stereocenters. The molecule has 2 aromatic rings. The van der Waals surface area contributed by atoms with Gasteiger partial charge in [-0.25, -0.2) is 13.1 Å². The zero-order valence-electron chi connectivity index (χ0n) is 19.2. The Labute approximate surface area is 184 Å². The van der Waals surface area contributed by atoms with Gasteiger partial charge in [-0.05, 0) is 18.9 Å². The molecule has 1 aromatic heterocycles. The molecule has 1 aromatic carbocycles. The molecule has 1 N–H and O–H groups in total. The van der Waals surface area contributed by atoms with E-state index in [1.54, 1.807) is 14.2 Å². The molecule has 3 rings (SSSR count). The van der Waals surface area contributed by atoms with E-state index in [1.807, 2.05) is 32.9 Å². The fraction of sp³-hybridized carbons (Fsp3) is 0.619. The van der Waals surface area contributed by atoms with Crippen LogP contribution in [-0.4, -0.2) is 61.6 Å². The SMILES string of the molecule is COc1ccc(CN2CCc3nnc([C@@H](NS(C)(=O)=O)C(C)C)n3CC2)c(OC)c1C. The van der Waals surface area contributed by atoms with Crippen LogP contribution in [0.25, 0.3) is 0 Å². The van der Waals surface area contributed by atoms with E-state index in [1.165, 1.54) is 6.26 Å². The summed E-state index contributed by atoms with van der Waals surface area (Å²) in [5, 5.41) is 8.72. The Morgan fingerprint density at radius 1 is 1.13 bits per heavy atom. The van der Waals surface area contributed by atoms with Gasteiger partial charge in [0.1, 0.15) is 17.3 Å². The molecule has 0 spiro atoms. The summed E-state index contributed by atoms with van der Waals surface area (Å²) in [6.07, 6.45) is 1.92. The van der Waals surface area contributed by atoms with Crippen molar-refractivity contribution in [3.8, 4) is 11.5 Å². The number of benzene rings is 1. The van der Waals surface area contributed by atoms with Gasteiger partial charge in [0.25, 0.3) is 0 Å². The molecule has 31 heavy (non-hydrogen) atoms. The highest BCUT2D eigenvalue weighted by atomic mass is 32.2. The van der Waals surface area contributed by atoms with Gasteiger partial charge in [0, 0.05) is 43.7 Å². The van der Waals surface area contributed by atoms with E-state index >= 15 is 0 Å². The Morgan fingerprint density at radius 3 is 2.48 bits per heavy atom. The number of sulfonamides is 1. The largest absolute Gasteiger partial charge is 0.496 e. The lowest BCUT2D eigenvalue weighted by atomic mass is 10.1. The first kappa shape index (κ1) is 23.5. The number of nitrogens with one attached hydrogen (secondary N) is 1. The lowest BCUT2D eigenvalue weighted by Crippen LogP contribution is -2.33. The van der Waals surface area contributed by atoms with Crippen molar-refractivity contribution in [3.05, 3.63) is 34.9 Å². The van der Waals surface area contributed by atoms with E-state index < -0.39 is 16.1 Å². The predicted molar refractivity (Wildman–Crippen MR) is 119 cm³/mol. The summed E-state index contributed by atoms with van der Waals surface area (Å²) in [7, 11) is -0.0230. The molecule has 2 heterocycles. The Morgan fingerprint density at radius 2 is 1.87 bits per heavy atom. The van der Waals surface area contributed by atoms with Crippen LogP contribution in [0.4, 0.5) is 0 Å². The monoisotopic (exact) mass is 451 g/mol. The highest BCUT2D eigenvalue weighted by molar-refractivity contribution is 7.88. The van der Waals surface area contributed by atoms with Gasteiger partial charge in [0.2, 0.25) is 10.0 Å². The molecule has 0 unspecified atom stereocenters. The van der Waals surface area contributed by atoms with Crippen molar-refractivity contribution in [2.75, 3.05) is 33.6 Å². The van der Waals surface area contributed by atoms with Crippen molar-refractivity contribution in [2.24, 2.45) is 5.92 Å². The van der Waals surface area contributed by atoms with Gasteiger partial charge in [-0.2, -0.15) is 0 Å². The number of hydrogen-bond donors (Lipinski definition) is 1. The van der Waals surface area contributed by atoms with Crippen molar-refractivity contribution in [1.29, 1.82) is 0 Å². The number of ether oxygens (including phenoxy) is 2. The van der Waals surface area contributed by atoms with Gasteiger partial charge >= 0.3 is 0 Å². The summed E-state index contributed by atoms with van der Waals surface area (Å²) in [5.41, 5.74) is 2.10. The molecule has 1 aliphatic heterocycles. The maximum Gasteiger partial charge on any atom is 0.209 e. The van der Waals surface area contributed by atoms with Crippen molar-refractivity contribution < 1.29 is 17.9 Å². The summed E-state index contributed by atoms with van der Waals surface area (Å²) < 4.78 is 39.6. The van der Waals surface area contributed by atoms with Crippen LogP contribution in [0.3, 0.4) is 0 Å². The van der Waals surface area contributed by atoms with Crippen LogP contribution in [0.15, 0.2) is 12.1 Å². The minimum Gasteiger partial charge on any atom is -0.496 e. The van der Waals surface area contributed by atoms with Crippen molar-refractivity contribution in [1.82, 2.24) is 24.4 Å². The fourth-order valence-corrected chi connectivity index (χ4v) is 4.93. The highest BCUT2D eigenvalue weighted by Crippen LogP contribution is 2.32. The minimum absolute atomic E-state index is 0.0499.